The summed E-state index contributed by atoms with van der Waals surface area (Å²) >= 11 is 0. The highest BCUT2D eigenvalue weighted by atomic mass is 31.2. The number of allylic oxidation sites excluding steroid dienone is 14. The highest BCUT2D eigenvalue weighted by molar-refractivity contribution is 7.47. The fourth-order valence-corrected chi connectivity index (χ4v) is 10.2. The van der Waals surface area contributed by atoms with E-state index in [-0.39, 0.29) is 38.6 Å². The zero-order valence-electron chi connectivity index (χ0n) is 51.3. The summed E-state index contributed by atoms with van der Waals surface area (Å²) in [6.45, 7) is 3.63. The third kappa shape index (κ3) is 64.2. The highest BCUT2D eigenvalue weighted by Gasteiger charge is 2.26. The van der Waals surface area contributed by atoms with Gasteiger partial charge in [0.05, 0.1) is 13.2 Å². The molecule has 0 aromatic rings. The summed E-state index contributed by atoms with van der Waals surface area (Å²) in [6.07, 6.45) is 85.4. The summed E-state index contributed by atoms with van der Waals surface area (Å²) in [5.41, 5.74) is 5.39. The molecule has 10 heteroatoms. The summed E-state index contributed by atoms with van der Waals surface area (Å²) in [6, 6.07) is 0. The van der Waals surface area contributed by atoms with Crippen LogP contribution in [-0.4, -0.2) is 49.3 Å². The molecule has 2 atom stereocenters. The van der Waals surface area contributed by atoms with Crippen molar-refractivity contribution in [1.29, 1.82) is 0 Å². The number of unbranched alkanes of at least 4 members (excludes halogenated alkanes) is 35. The molecule has 2 unspecified atom stereocenters. The van der Waals surface area contributed by atoms with Gasteiger partial charge in [-0.3, -0.25) is 18.6 Å². The number of esters is 2. The molecule has 458 valence electrons. The first-order chi connectivity index (χ1) is 38.8. The van der Waals surface area contributed by atoms with Gasteiger partial charge in [0, 0.05) is 19.4 Å². The highest BCUT2D eigenvalue weighted by Crippen LogP contribution is 2.43. The number of rotatable bonds is 62. The number of nitrogens with two attached hydrogens (primary N) is 1. The Bertz CT molecular complexity index is 1570. The molecule has 0 saturated heterocycles. The quantitative estimate of drug-likeness (QED) is 0.0264. The maximum Gasteiger partial charge on any atom is 0.472 e. The normalized spacial score (nSPS) is 13.5. The molecule has 0 aliphatic rings. The third-order valence-corrected chi connectivity index (χ3v) is 15.2. The van der Waals surface area contributed by atoms with Crippen LogP contribution in [0.25, 0.3) is 0 Å². The van der Waals surface area contributed by atoms with E-state index in [9.17, 15) is 19.0 Å². The van der Waals surface area contributed by atoms with Crippen molar-refractivity contribution in [3.8, 4) is 0 Å². The van der Waals surface area contributed by atoms with Gasteiger partial charge >= 0.3 is 19.8 Å². The number of carbonyl (C=O) groups excluding carboxylic acids is 2. The Morgan fingerprint density at radius 2 is 0.696 bits per heavy atom. The van der Waals surface area contributed by atoms with Gasteiger partial charge in [-0.05, 0) is 89.9 Å². The molecule has 3 N–H and O–H groups in total. The van der Waals surface area contributed by atoms with Crippen LogP contribution in [0.2, 0.25) is 0 Å². The Morgan fingerprint density at radius 1 is 0.392 bits per heavy atom. The van der Waals surface area contributed by atoms with Crippen molar-refractivity contribution >= 4 is 19.8 Å². The average Bonchev–Trinajstić information content (AvgIpc) is 3.44. The lowest BCUT2D eigenvalue weighted by atomic mass is 10.0. The molecule has 0 aromatic heterocycles. The van der Waals surface area contributed by atoms with Crippen LogP contribution in [0.15, 0.2) is 85.1 Å². The second kappa shape index (κ2) is 64.4. The molecule has 0 fully saturated rings. The van der Waals surface area contributed by atoms with E-state index in [1.54, 1.807) is 0 Å². The number of phosphoric ester groups is 1. The molecule has 0 aliphatic heterocycles. The van der Waals surface area contributed by atoms with Gasteiger partial charge in [0.25, 0.3) is 0 Å². The zero-order chi connectivity index (χ0) is 57.3. The van der Waals surface area contributed by atoms with Crippen LogP contribution < -0.4 is 5.73 Å². The Kier molecular flexibility index (Phi) is 62.1. The molecule has 0 aliphatic carbocycles. The SMILES string of the molecule is CC/C=C\C/C=C\C/C=C\C/C=C\C/C=C\C/C=C\CCCCCCC(=O)OC(COC(=O)CCCCCCCCCCCCCCCCCCCCCCCCC/C=C\CCCCCCCCCC)COP(=O)(O)OCCN. The summed E-state index contributed by atoms with van der Waals surface area (Å²) < 4.78 is 33.1. The van der Waals surface area contributed by atoms with E-state index >= 15 is 0 Å². The van der Waals surface area contributed by atoms with Crippen LogP contribution in [-0.2, 0) is 32.7 Å². The second-order valence-corrected chi connectivity index (χ2v) is 23.4. The first-order valence-corrected chi connectivity index (χ1v) is 34.6. The molecule has 79 heavy (non-hydrogen) atoms. The summed E-state index contributed by atoms with van der Waals surface area (Å²) in [4.78, 5) is 35.3. The average molecular weight is 1130 g/mol. The van der Waals surface area contributed by atoms with Gasteiger partial charge < -0.3 is 20.1 Å². The topological polar surface area (TPSA) is 134 Å². The fourth-order valence-electron chi connectivity index (χ4n) is 9.40. The van der Waals surface area contributed by atoms with E-state index < -0.39 is 26.5 Å². The van der Waals surface area contributed by atoms with Gasteiger partial charge in [-0.1, -0.05) is 292 Å². The van der Waals surface area contributed by atoms with E-state index in [1.165, 1.54) is 193 Å². The molecule has 0 heterocycles. The largest absolute Gasteiger partial charge is 0.472 e. The fraction of sp³-hybridized carbons (Fsp3) is 0.768. The lowest BCUT2D eigenvalue weighted by Crippen LogP contribution is -2.29. The molecular weight excluding hydrogens is 1000 g/mol. The molecule has 0 saturated carbocycles. The molecule has 0 rings (SSSR count). The molecule has 0 spiro atoms. The van der Waals surface area contributed by atoms with Crippen molar-refractivity contribution in [3.63, 3.8) is 0 Å². The minimum Gasteiger partial charge on any atom is -0.462 e. The van der Waals surface area contributed by atoms with Gasteiger partial charge in [0.1, 0.15) is 6.61 Å². The molecule has 0 bridgehead atoms. The monoisotopic (exact) mass is 1130 g/mol. The number of hydrogen-bond acceptors (Lipinski definition) is 8. The third-order valence-electron chi connectivity index (χ3n) is 14.3. The van der Waals surface area contributed by atoms with Gasteiger partial charge in [-0.15, -0.1) is 0 Å². The molecule has 9 nitrogen and oxygen atoms in total. The van der Waals surface area contributed by atoms with Gasteiger partial charge in [0.2, 0.25) is 0 Å². The molecule has 0 amide bonds. The van der Waals surface area contributed by atoms with E-state index in [2.05, 4.69) is 98.9 Å². The lowest BCUT2D eigenvalue weighted by molar-refractivity contribution is -0.161. The zero-order valence-corrected chi connectivity index (χ0v) is 52.2. The van der Waals surface area contributed by atoms with E-state index in [0.717, 1.165) is 83.5 Å². The maximum atomic E-state index is 12.7. The van der Waals surface area contributed by atoms with Crippen LogP contribution in [0.5, 0.6) is 0 Å². The first-order valence-electron chi connectivity index (χ1n) is 33.1. The number of ether oxygens (including phenoxy) is 2. The van der Waals surface area contributed by atoms with Crippen LogP contribution >= 0.6 is 7.82 Å². The van der Waals surface area contributed by atoms with Crippen LogP contribution in [0.3, 0.4) is 0 Å². The van der Waals surface area contributed by atoms with E-state index in [1.807, 2.05) is 0 Å². The summed E-state index contributed by atoms with van der Waals surface area (Å²) in [5, 5.41) is 0. The van der Waals surface area contributed by atoms with E-state index in [4.69, 9.17) is 24.3 Å². The molecule has 0 aromatic carbocycles. The predicted octanol–water partition coefficient (Wildman–Crippen LogP) is 21.4. The van der Waals surface area contributed by atoms with Crippen molar-refractivity contribution < 1.29 is 37.6 Å². The van der Waals surface area contributed by atoms with Crippen LogP contribution in [0, 0.1) is 0 Å². The van der Waals surface area contributed by atoms with Gasteiger partial charge in [-0.25, -0.2) is 4.57 Å². The summed E-state index contributed by atoms with van der Waals surface area (Å²) in [5.74, 6) is -0.850. The molecule has 0 radical (unpaired) electrons. The van der Waals surface area contributed by atoms with Crippen LogP contribution in [0.4, 0.5) is 0 Å². The van der Waals surface area contributed by atoms with Gasteiger partial charge in [0.15, 0.2) is 6.10 Å². The lowest BCUT2D eigenvalue weighted by Gasteiger charge is -2.19. The Hall–Kier alpha value is -2.81. The van der Waals surface area contributed by atoms with E-state index in [0.29, 0.717) is 6.42 Å². The van der Waals surface area contributed by atoms with Crippen molar-refractivity contribution in [2.45, 2.75) is 315 Å². The first kappa shape index (κ1) is 76.2. The second-order valence-electron chi connectivity index (χ2n) is 22.0. The summed E-state index contributed by atoms with van der Waals surface area (Å²) in [7, 11) is -4.40. The Morgan fingerprint density at radius 3 is 1.05 bits per heavy atom. The Balaban J connectivity index is 3.88. The van der Waals surface area contributed by atoms with Crippen molar-refractivity contribution in [2.24, 2.45) is 5.73 Å². The van der Waals surface area contributed by atoms with Crippen LogP contribution in [0.1, 0.15) is 309 Å². The van der Waals surface area contributed by atoms with Crippen molar-refractivity contribution in [2.75, 3.05) is 26.4 Å². The smallest absolute Gasteiger partial charge is 0.462 e. The molecular formula is C69H124NO8P. The van der Waals surface area contributed by atoms with Crippen molar-refractivity contribution in [3.05, 3.63) is 85.1 Å². The number of carbonyl (C=O) groups is 2. The number of hydrogen-bond donors (Lipinski definition) is 2. The Labute approximate surface area is 487 Å². The van der Waals surface area contributed by atoms with Gasteiger partial charge in [-0.2, -0.15) is 0 Å². The maximum absolute atomic E-state index is 12.7. The minimum atomic E-state index is -4.40. The number of phosphoric acid groups is 1. The van der Waals surface area contributed by atoms with Crippen molar-refractivity contribution in [1.82, 2.24) is 0 Å². The predicted molar refractivity (Wildman–Crippen MR) is 339 cm³/mol. The standard InChI is InChI=1S/C69H124NO8P/c1-3-5-7-9-11-13-15-17-19-21-23-25-27-28-29-30-31-32-33-34-35-36-37-38-40-41-43-45-47-49-51-53-55-57-59-61-68(71)75-65-67(66-77-79(73,74)76-64-63-70)78-69(72)62-60-58-56-54-52-50-48-46-44-42-39-26-24-22-20-18-16-14-12-10-8-6-4-2/h6,8,12,14,18,20-21,23-24,26,42,44,48,50,67H,3-5,7,9-11,13,15-17,19,22,25,27-41,43,45-47,49,51-66,70H2,1-2H3,(H,73,74)/b8-6-,14-12-,20-18-,23-21-,26-24-,44-42-,50-48-. The minimum absolute atomic E-state index is 0.0460.